The molecule has 1 rings (SSSR count). The van der Waals surface area contributed by atoms with Gasteiger partial charge in [-0.3, -0.25) is 4.99 Å². The van der Waals surface area contributed by atoms with Gasteiger partial charge in [0.2, 0.25) is 0 Å². The van der Waals surface area contributed by atoms with E-state index in [1.165, 1.54) is 11.8 Å². The van der Waals surface area contributed by atoms with Crippen molar-refractivity contribution in [1.29, 1.82) is 0 Å². The Balaban J connectivity index is 2.55. The second-order valence-electron chi connectivity index (χ2n) is 8.13. The molecule has 0 saturated heterocycles. The van der Waals surface area contributed by atoms with Crippen LogP contribution in [0.25, 0.3) is 0 Å². The van der Waals surface area contributed by atoms with Crippen LogP contribution in [0, 0.1) is 5.41 Å². The van der Waals surface area contributed by atoms with Crippen LogP contribution >= 0.6 is 0 Å². The normalized spacial score (nSPS) is 13.9. The lowest BCUT2D eigenvalue weighted by Gasteiger charge is -2.23. The first-order valence-corrected chi connectivity index (χ1v) is 12.0. The van der Waals surface area contributed by atoms with Crippen molar-refractivity contribution in [1.82, 2.24) is 10.6 Å². The summed E-state index contributed by atoms with van der Waals surface area (Å²) in [7, 11) is -1.28. The maximum atomic E-state index is 11.4. The van der Waals surface area contributed by atoms with Crippen LogP contribution in [-0.4, -0.2) is 53.1 Å². The van der Waals surface area contributed by atoms with E-state index < -0.39 is 9.84 Å². The monoisotopic (exact) mass is 411 g/mol. The van der Waals surface area contributed by atoms with Gasteiger partial charge in [0.25, 0.3) is 0 Å². The number of hydrogen-bond donors (Lipinski definition) is 2. The number of hydrogen-bond acceptors (Lipinski definition) is 4. The van der Waals surface area contributed by atoms with Crippen molar-refractivity contribution >= 4 is 15.8 Å². The van der Waals surface area contributed by atoms with E-state index in [1.807, 2.05) is 19.1 Å². The number of rotatable bonds is 11. The number of methoxy groups -OCH3 is 1. The van der Waals surface area contributed by atoms with E-state index in [0.29, 0.717) is 18.9 Å². The van der Waals surface area contributed by atoms with Crippen LogP contribution in [0.2, 0.25) is 0 Å². The Morgan fingerprint density at radius 3 is 2.39 bits per heavy atom. The summed E-state index contributed by atoms with van der Waals surface area (Å²) in [5, 5.41) is 6.64. The highest BCUT2D eigenvalue weighted by atomic mass is 32.2. The number of nitrogens with one attached hydrogen (secondary N) is 2. The first-order chi connectivity index (χ1) is 13.1. The third-order valence-corrected chi connectivity index (χ3v) is 5.66. The zero-order valence-electron chi connectivity index (χ0n) is 18.2. The molecule has 0 bridgehead atoms. The third kappa shape index (κ3) is 9.97. The molecule has 0 spiro atoms. The molecule has 1 atom stereocenters. The number of sulfone groups is 1. The zero-order chi connectivity index (χ0) is 21.2. The molecular weight excluding hydrogens is 374 g/mol. The lowest BCUT2D eigenvalue weighted by Crippen LogP contribution is -2.39. The Bertz CT molecular complexity index is 713. The molecule has 28 heavy (non-hydrogen) atoms. The summed E-state index contributed by atoms with van der Waals surface area (Å²) in [5.41, 5.74) is 1.12. The van der Waals surface area contributed by atoms with Crippen molar-refractivity contribution in [2.75, 3.05) is 38.8 Å². The van der Waals surface area contributed by atoms with Gasteiger partial charge in [-0.2, -0.15) is 0 Å². The molecule has 0 amide bonds. The topological polar surface area (TPSA) is 79.8 Å². The molecule has 0 fully saturated rings. The molecule has 1 aromatic rings. The van der Waals surface area contributed by atoms with Gasteiger partial charge in [0.1, 0.15) is 15.6 Å². The quantitative estimate of drug-likeness (QED) is 0.432. The van der Waals surface area contributed by atoms with Crippen molar-refractivity contribution in [3.05, 3.63) is 29.8 Å². The standard InChI is InChI=1S/C21H37N3O3S/c1-7-22-20(24-16-21(3,4)13-15-28(6,25)26)23-14-12-17(2)18-8-10-19(27-5)11-9-18/h8-11,17H,7,12-16H2,1-6H3,(H2,22,23,24). The van der Waals surface area contributed by atoms with Gasteiger partial charge < -0.3 is 15.4 Å². The van der Waals surface area contributed by atoms with Gasteiger partial charge in [-0.05, 0) is 48.8 Å². The lowest BCUT2D eigenvalue weighted by molar-refractivity contribution is 0.365. The minimum Gasteiger partial charge on any atom is -0.497 e. The average molecular weight is 412 g/mol. The fourth-order valence-corrected chi connectivity index (χ4v) is 3.61. The highest BCUT2D eigenvalue weighted by Gasteiger charge is 2.20. The summed E-state index contributed by atoms with van der Waals surface area (Å²) in [5.74, 6) is 2.26. The molecular formula is C21H37N3O3S. The minimum atomic E-state index is -2.95. The van der Waals surface area contributed by atoms with E-state index in [4.69, 9.17) is 4.74 Å². The molecule has 0 aliphatic carbocycles. The molecule has 2 N–H and O–H groups in total. The smallest absolute Gasteiger partial charge is 0.191 e. The van der Waals surface area contributed by atoms with Crippen LogP contribution < -0.4 is 15.4 Å². The van der Waals surface area contributed by atoms with E-state index in [-0.39, 0.29) is 11.2 Å². The van der Waals surface area contributed by atoms with Gasteiger partial charge >= 0.3 is 0 Å². The number of nitrogens with zero attached hydrogens (tertiary/aromatic N) is 1. The molecule has 0 radical (unpaired) electrons. The van der Waals surface area contributed by atoms with Crippen molar-refractivity contribution in [3.63, 3.8) is 0 Å². The fraction of sp³-hybridized carbons (Fsp3) is 0.667. The maximum absolute atomic E-state index is 11.4. The molecule has 0 heterocycles. The molecule has 7 heteroatoms. The average Bonchev–Trinajstić information content (AvgIpc) is 2.64. The Hall–Kier alpha value is -1.76. The molecule has 1 aromatic carbocycles. The lowest BCUT2D eigenvalue weighted by atomic mass is 9.90. The number of guanidine groups is 1. The van der Waals surface area contributed by atoms with Crippen molar-refractivity contribution in [2.24, 2.45) is 10.4 Å². The predicted molar refractivity (Wildman–Crippen MR) is 118 cm³/mol. The Kier molecular flexibility index (Phi) is 9.79. The zero-order valence-corrected chi connectivity index (χ0v) is 19.0. The summed E-state index contributed by atoms with van der Waals surface area (Å²) in [6.45, 7) is 10.5. The molecule has 0 aliphatic rings. The Morgan fingerprint density at radius 1 is 1.21 bits per heavy atom. The maximum Gasteiger partial charge on any atom is 0.191 e. The minimum absolute atomic E-state index is 0.165. The van der Waals surface area contributed by atoms with Crippen LogP contribution in [0.15, 0.2) is 29.3 Å². The van der Waals surface area contributed by atoms with Crippen LogP contribution in [0.1, 0.15) is 52.0 Å². The summed E-state index contributed by atoms with van der Waals surface area (Å²) >= 11 is 0. The van der Waals surface area contributed by atoms with Crippen LogP contribution in [0.4, 0.5) is 0 Å². The molecule has 160 valence electrons. The van der Waals surface area contributed by atoms with E-state index in [2.05, 4.69) is 48.5 Å². The second kappa shape index (κ2) is 11.3. The van der Waals surface area contributed by atoms with Gasteiger partial charge in [0, 0.05) is 25.9 Å². The number of ether oxygens (including phenoxy) is 1. The molecule has 0 aliphatic heterocycles. The van der Waals surface area contributed by atoms with Crippen LogP contribution in [0.3, 0.4) is 0 Å². The summed E-state index contributed by atoms with van der Waals surface area (Å²) in [6.07, 6.45) is 2.86. The third-order valence-electron chi connectivity index (χ3n) is 4.71. The molecule has 0 aromatic heterocycles. The van der Waals surface area contributed by atoms with E-state index in [9.17, 15) is 8.42 Å². The summed E-state index contributed by atoms with van der Waals surface area (Å²) in [4.78, 5) is 4.66. The van der Waals surface area contributed by atoms with Crippen molar-refractivity contribution < 1.29 is 13.2 Å². The summed E-state index contributed by atoms with van der Waals surface area (Å²) in [6, 6.07) is 8.19. The Morgan fingerprint density at radius 2 is 1.86 bits per heavy atom. The molecule has 0 saturated carbocycles. The van der Waals surface area contributed by atoms with Crippen LogP contribution in [-0.2, 0) is 9.84 Å². The van der Waals surface area contributed by atoms with Crippen LogP contribution in [0.5, 0.6) is 5.75 Å². The highest BCUT2D eigenvalue weighted by molar-refractivity contribution is 7.90. The van der Waals surface area contributed by atoms with Crippen molar-refractivity contribution in [2.45, 2.75) is 46.5 Å². The number of aliphatic imine (C=N–C) groups is 1. The second-order valence-corrected chi connectivity index (χ2v) is 10.4. The first-order valence-electron chi connectivity index (χ1n) is 9.90. The van der Waals surface area contributed by atoms with Gasteiger partial charge in [0.15, 0.2) is 5.96 Å². The molecule has 6 nitrogen and oxygen atoms in total. The van der Waals surface area contributed by atoms with Gasteiger partial charge in [-0.15, -0.1) is 0 Å². The van der Waals surface area contributed by atoms with Gasteiger partial charge in [0.05, 0.1) is 12.9 Å². The SMILES string of the molecule is CCNC(=NCC(C)(C)CCS(C)(=O)=O)NCCC(C)c1ccc(OC)cc1. The Labute approximate surface area is 171 Å². The molecule has 1 unspecified atom stereocenters. The van der Waals surface area contributed by atoms with E-state index in [1.54, 1.807) is 7.11 Å². The van der Waals surface area contributed by atoms with Crippen molar-refractivity contribution in [3.8, 4) is 5.75 Å². The largest absolute Gasteiger partial charge is 0.497 e. The summed E-state index contributed by atoms with van der Waals surface area (Å²) < 4.78 is 28.0. The van der Waals surface area contributed by atoms with E-state index in [0.717, 1.165) is 31.2 Å². The van der Waals surface area contributed by atoms with Gasteiger partial charge in [-0.25, -0.2) is 8.42 Å². The predicted octanol–water partition coefficient (Wildman–Crippen LogP) is 3.20. The number of benzene rings is 1. The fourth-order valence-electron chi connectivity index (χ4n) is 2.68. The van der Waals surface area contributed by atoms with E-state index >= 15 is 0 Å². The first kappa shape index (κ1) is 24.3. The highest BCUT2D eigenvalue weighted by Crippen LogP contribution is 2.22. The van der Waals surface area contributed by atoms with Gasteiger partial charge in [-0.1, -0.05) is 32.9 Å².